The van der Waals surface area contributed by atoms with Gasteiger partial charge in [0, 0.05) is 6.54 Å². The van der Waals surface area contributed by atoms with Crippen LogP contribution in [0.4, 0.5) is 0 Å². The number of ether oxygens (including phenoxy) is 1. The van der Waals surface area contributed by atoms with Gasteiger partial charge in [0.25, 0.3) is 0 Å². The third kappa shape index (κ3) is 7.67. The van der Waals surface area contributed by atoms with Crippen molar-refractivity contribution in [2.45, 2.75) is 59.3 Å². The lowest BCUT2D eigenvalue weighted by atomic mass is 9.72. The highest BCUT2D eigenvalue weighted by Gasteiger charge is 2.27. The molecule has 24 heavy (non-hydrogen) atoms. The molecule has 0 saturated heterocycles. The van der Waals surface area contributed by atoms with E-state index in [0.29, 0.717) is 18.6 Å². The van der Waals surface area contributed by atoms with Crippen molar-refractivity contribution in [3.63, 3.8) is 0 Å². The average molecular weight is 332 g/mol. The first-order chi connectivity index (χ1) is 11.1. The summed E-state index contributed by atoms with van der Waals surface area (Å²) in [5.41, 5.74) is 1.80. The summed E-state index contributed by atoms with van der Waals surface area (Å²) in [6, 6.07) is 8.45. The van der Waals surface area contributed by atoms with Crippen LogP contribution in [-0.2, 0) is 10.2 Å². The molecule has 0 aromatic heterocycles. The Morgan fingerprint density at radius 2 is 1.75 bits per heavy atom. The van der Waals surface area contributed by atoms with E-state index in [9.17, 15) is 4.79 Å². The highest BCUT2D eigenvalue weighted by Crippen LogP contribution is 2.36. The number of carbonyl (C=O) groups is 1. The van der Waals surface area contributed by atoms with Crippen molar-refractivity contribution in [3.8, 4) is 5.75 Å². The Balaban J connectivity index is 2.39. The van der Waals surface area contributed by atoms with Gasteiger partial charge in [-0.25, -0.2) is 0 Å². The average Bonchev–Trinajstić information content (AvgIpc) is 2.48. The second-order valence-electron chi connectivity index (χ2n) is 8.20. The maximum absolute atomic E-state index is 11.0. The first kappa shape index (κ1) is 20.3. The molecule has 3 nitrogen and oxygen atoms in total. The molecular formula is C21H33NO2. The molecule has 1 N–H and O–H groups in total. The maximum Gasteiger partial charge on any atom is 0.243 e. The molecule has 1 aromatic rings. The van der Waals surface area contributed by atoms with Gasteiger partial charge in [-0.05, 0) is 53.9 Å². The van der Waals surface area contributed by atoms with Crippen molar-refractivity contribution in [1.82, 2.24) is 5.32 Å². The van der Waals surface area contributed by atoms with E-state index in [1.54, 1.807) is 0 Å². The molecule has 1 amide bonds. The van der Waals surface area contributed by atoms with Gasteiger partial charge in [0.2, 0.25) is 5.91 Å². The van der Waals surface area contributed by atoms with Gasteiger partial charge < -0.3 is 10.1 Å². The Kier molecular flexibility index (Phi) is 7.53. The van der Waals surface area contributed by atoms with Crippen LogP contribution in [0.3, 0.4) is 0 Å². The minimum absolute atomic E-state index is 0.121. The van der Waals surface area contributed by atoms with Crippen LogP contribution in [0, 0.1) is 5.41 Å². The zero-order valence-electron chi connectivity index (χ0n) is 15.9. The maximum atomic E-state index is 11.0. The van der Waals surface area contributed by atoms with E-state index in [2.05, 4.69) is 70.8 Å². The summed E-state index contributed by atoms with van der Waals surface area (Å²) in [7, 11) is 0. The number of nitrogens with one attached hydrogen (secondary N) is 1. The number of rotatable bonds is 9. The molecule has 0 fully saturated rings. The van der Waals surface area contributed by atoms with E-state index in [1.165, 1.54) is 11.6 Å². The monoisotopic (exact) mass is 331 g/mol. The number of benzene rings is 1. The van der Waals surface area contributed by atoms with Crippen molar-refractivity contribution >= 4 is 5.91 Å². The van der Waals surface area contributed by atoms with Crippen LogP contribution in [0.1, 0.15) is 59.4 Å². The lowest BCUT2D eigenvalue weighted by molar-refractivity contribution is -0.116. The summed E-state index contributed by atoms with van der Waals surface area (Å²) in [5, 5.41) is 2.76. The lowest BCUT2D eigenvalue weighted by Crippen LogP contribution is -2.24. The summed E-state index contributed by atoms with van der Waals surface area (Å²) < 4.78 is 5.78. The number of unbranched alkanes of at least 4 members (excludes halogenated alkanes) is 1. The van der Waals surface area contributed by atoms with Crippen LogP contribution >= 0.6 is 0 Å². The Hall–Kier alpha value is -1.77. The lowest BCUT2D eigenvalue weighted by Gasteiger charge is -2.33. The van der Waals surface area contributed by atoms with Gasteiger partial charge in [-0.1, -0.05) is 53.3 Å². The molecule has 0 bridgehead atoms. The largest absolute Gasteiger partial charge is 0.494 e. The Morgan fingerprint density at radius 1 is 1.12 bits per heavy atom. The zero-order chi connectivity index (χ0) is 18.2. The van der Waals surface area contributed by atoms with Gasteiger partial charge in [-0.15, -0.1) is 0 Å². The predicted octanol–water partition coefficient (Wildman–Crippen LogP) is 4.86. The smallest absolute Gasteiger partial charge is 0.243 e. The van der Waals surface area contributed by atoms with Crippen LogP contribution in [0.2, 0.25) is 0 Å². The fourth-order valence-corrected chi connectivity index (χ4v) is 3.13. The van der Waals surface area contributed by atoms with Crippen LogP contribution in [0.25, 0.3) is 0 Å². The Bertz CT molecular complexity index is 524. The Morgan fingerprint density at radius 3 is 2.29 bits per heavy atom. The molecule has 0 aliphatic rings. The molecule has 0 spiro atoms. The summed E-state index contributed by atoms with van der Waals surface area (Å²) in [6.07, 6.45) is 4.24. The first-order valence-corrected chi connectivity index (χ1v) is 8.78. The summed E-state index contributed by atoms with van der Waals surface area (Å²) in [4.78, 5) is 11.0. The molecule has 0 aliphatic carbocycles. The highest BCUT2D eigenvalue weighted by atomic mass is 16.5. The van der Waals surface area contributed by atoms with Gasteiger partial charge >= 0.3 is 0 Å². The molecule has 0 atom stereocenters. The molecule has 0 unspecified atom stereocenters. The summed E-state index contributed by atoms with van der Waals surface area (Å²) in [6.45, 7) is 16.2. The van der Waals surface area contributed by atoms with E-state index < -0.39 is 0 Å². The molecule has 0 radical (unpaired) electrons. The quantitative estimate of drug-likeness (QED) is 0.518. The van der Waals surface area contributed by atoms with Gasteiger partial charge in [-0.3, -0.25) is 4.79 Å². The molecule has 0 saturated carbocycles. The third-order valence-electron chi connectivity index (χ3n) is 3.93. The fraction of sp³-hybridized carbons (Fsp3) is 0.571. The van der Waals surface area contributed by atoms with Crippen LogP contribution in [0.5, 0.6) is 5.75 Å². The number of hydrogen-bond acceptors (Lipinski definition) is 2. The Labute approximate surface area is 147 Å². The highest BCUT2D eigenvalue weighted by molar-refractivity contribution is 5.86. The molecule has 0 heterocycles. The van der Waals surface area contributed by atoms with Crippen molar-refractivity contribution < 1.29 is 9.53 Å². The minimum atomic E-state index is -0.121. The standard InChI is InChI=1S/C21H33NO2/c1-7-19(23)22-14-8-9-15-24-18-12-10-17(11-13-18)21(5,6)16-20(2,3)4/h7,10-13H,1,8-9,14-16H2,2-6H3,(H,22,23). The SMILES string of the molecule is C=CC(=O)NCCCCOc1ccc(C(C)(C)CC(C)(C)C)cc1. The topological polar surface area (TPSA) is 38.3 Å². The van der Waals surface area contributed by atoms with Gasteiger partial charge in [0.1, 0.15) is 5.75 Å². The molecule has 134 valence electrons. The van der Waals surface area contributed by atoms with E-state index in [1.807, 2.05) is 0 Å². The second-order valence-corrected chi connectivity index (χ2v) is 8.20. The molecular weight excluding hydrogens is 298 g/mol. The first-order valence-electron chi connectivity index (χ1n) is 8.78. The molecule has 1 rings (SSSR count). The van der Waals surface area contributed by atoms with Crippen molar-refractivity contribution in [2.75, 3.05) is 13.2 Å². The van der Waals surface area contributed by atoms with Crippen LogP contribution in [0.15, 0.2) is 36.9 Å². The van der Waals surface area contributed by atoms with Gasteiger partial charge in [0.05, 0.1) is 6.61 Å². The van der Waals surface area contributed by atoms with Crippen molar-refractivity contribution in [1.29, 1.82) is 0 Å². The van der Waals surface area contributed by atoms with E-state index in [4.69, 9.17) is 4.74 Å². The normalized spacial score (nSPS) is 11.9. The minimum Gasteiger partial charge on any atom is -0.494 e. The number of hydrogen-bond donors (Lipinski definition) is 1. The predicted molar refractivity (Wildman–Crippen MR) is 101 cm³/mol. The third-order valence-corrected chi connectivity index (χ3v) is 3.93. The molecule has 3 heteroatoms. The van der Waals surface area contributed by atoms with Crippen LogP contribution in [-0.4, -0.2) is 19.1 Å². The van der Waals surface area contributed by atoms with Crippen molar-refractivity contribution in [2.24, 2.45) is 5.41 Å². The molecule has 0 aliphatic heterocycles. The van der Waals surface area contributed by atoms with E-state index in [0.717, 1.165) is 25.0 Å². The summed E-state index contributed by atoms with van der Waals surface area (Å²) >= 11 is 0. The fourth-order valence-electron chi connectivity index (χ4n) is 3.13. The van der Waals surface area contributed by atoms with E-state index >= 15 is 0 Å². The van der Waals surface area contributed by atoms with Crippen LogP contribution < -0.4 is 10.1 Å². The zero-order valence-corrected chi connectivity index (χ0v) is 15.9. The number of amides is 1. The molecule has 1 aromatic carbocycles. The number of carbonyl (C=O) groups excluding carboxylic acids is 1. The van der Waals surface area contributed by atoms with E-state index in [-0.39, 0.29) is 11.3 Å². The van der Waals surface area contributed by atoms with Gasteiger partial charge in [-0.2, -0.15) is 0 Å². The second kappa shape index (κ2) is 8.91. The van der Waals surface area contributed by atoms with Gasteiger partial charge in [0.15, 0.2) is 0 Å². The summed E-state index contributed by atoms with van der Waals surface area (Å²) in [5.74, 6) is 0.782. The van der Waals surface area contributed by atoms with Crippen molar-refractivity contribution in [3.05, 3.63) is 42.5 Å².